The van der Waals surface area contributed by atoms with Crippen LogP contribution < -0.4 is 4.90 Å². The third kappa shape index (κ3) is 2.58. The van der Waals surface area contributed by atoms with E-state index in [4.69, 9.17) is 23.2 Å². The third-order valence-corrected chi connectivity index (χ3v) is 5.65. The second kappa shape index (κ2) is 5.53. The molecule has 8 heteroatoms. The lowest BCUT2D eigenvalue weighted by Gasteiger charge is -2.23. The molecule has 1 aromatic carbocycles. The van der Waals surface area contributed by atoms with Crippen molar-refractivity contribution in [3.63, 3.8) is 0 Å². The van der Waals surface area contributed by atoms with E-state index in [9.17, 15) is 13.2 Å². The number of sulfone groups is 1. The highest BCUT2D eigenvalue weighted by atomic mass is 35.5. The highest BCUT2D eigenvalue weighted by Crippen LogP contribution is 2.40. The Morgan fingerprint density at radius 3 is 2.59 bits per heavy atom. The standard InChI is InChI=1S/C14H10Cl2N2O3S/c15-9-4-5-10(11(16)7-9)14-18(12-3-1-2-6-17-12)13(19)8-22(14,20)21/h1-7,14H,8H2. The van der Waals surface area contributed by atoms with Gasteiger partial charge in [-0.05, 0) is 24.3 Å². The minimum atomic E-state index is -3.71. The minimum Gasteiger partial charge on any atom is -0.274 e. The van der Waals surface area contributed by atoms with Gasteiger partial charge in [0.1, 0.15) is 11.6 Å². The zero-order valence-corrected chi connectivity index (χ0v) is 13.4. The summed E-state index contributed by atoms with van der Waals surface area (Å²) < 4.78 is 24.8. The fraction of sp³-hybridized carbons (Fsp3) is 0.143. The van der Waals surface area contributed by atoms with Crippen LogP contribution in [0, 0.1) is 0 Å². The van der Waals surface area contributed by atoms with E-state index in [1.54, 1.807) is 18.2 Å². The SMILES string of the molecule is O=C1CS(=O)(=O)C(c2ccc(Cl)cc2Cl)N1c1ccccn1. The number of hydrogen-bond donors (Lipinski definition) is 0. The van der Waals surface area contributed by atoms with E-state index in [-0.39, 0.29) is 10.8 Å². The molecule has 0 bridgehead atoms. The molecule has 0 aliphatic carbocycles. The Morgan fingerprint density at radius 2 is 1.95 bits per heavy atom. The van der Waals surface area contributed by atoms with Gasteiger partial charge in [-0.25, -0.2) is 13.4 Å². The van der Waals surface area contributed by atoms with Crippen molar-refractivity contribution in [1.29, 1.82) is 0 Å². The van der Waals surface area contributed by atoms with Crippen LogP contribution in [0.25, 0.3) is 0 Å². The van der Waals surface area contributed by atoms with Crippen molar-refractivity contribution in [3.8, 4) is 0 Å². The monoisotopic (exact) mass is 356 g/mol. The predicted octanol–water partition coefficient (Wildman–Crippen LogP) is 2.85. The van der Waals surface area contributed by atoms with Gasteiger partial charge in [-0.1, -0.05) is 35.3 Å². The highest BCUT2D eigenvalue weighted by molar-refractivity contribution is 7.93. The molecule has 1 saturated heterocycles. The van der Waals surface area contributed by atoms with Gasteiger partial charge in [0.2, 0.25) is 5.91 Å². The summed E-state index contributed by atoms with van der Waals surface area (Å²) >= 11 is 12.0. The predicted molar refractivity (Wildman–Crippen MR) is 84.7 cm³/mol. The van der Waals surface area contributed by atoms with Crippen molar-refractivity contribution in [2.24, 2.45) is 0 Å². The Labute approximate surface area is 137 Å². The summed E-state index contributed by atoms with van der Waals surface area (Å²) in [6.45, 7) is 0. The number of amides is 1. The molecule has 0 radical (unpaired) electrons. The maximum absolute atomic E-state index is 12.4. The number of pyridine rings is 1. The lowest BCUT2D eigenvalue weighted by atomic mass is 10.2. The van der Waals surface area contributed by atoms with Crippen LogP contribution in [0.4, 0.5) is 5.82 Å². The van der Waals surface area contributed by atoms with Crippen molar-refractivity contribution >= 4 is 44.8 Å². The Hall–Kier alpha value is -1.63. The Bertz CT molecular complexity index is 840. The average Bonchev–Trinajstić information content (AvgIpc) is 2.69. The largest absolute Gasteiger partial charge is 0.274 e. The number of carbonyl (C=O) groups excluding carboxylic acids is 1. The van der Waals surface area contributed by atoms with Crippen LogP contribution in [0.2, 0.25) is 10.0 Å². The first-order valence-electron chi connectivity index (χ1n) is 6.30. The van der Waals surface area contributed by atoms with Gasteiger partial charge >= 0.3 is 0 Å². The van der Waals surface area contributed by atoms with E-state index in [2.05, 4.69) is 4.98 Å². The fourth-order valence-electron chi connectivity index (χ4n) is 2.39. The topological polar surface area (TPSA) is 67.3 Å². The molecule has 5 nitrogen and oxygen atoms in total. The van der Waals surface area contributed by atoms with Gasteiger partial charge in [-0.15, -0.1) is 0 Å². The smallest absolute Gasteiger partial charge is 0.244 e. The minimum absolute atomic E-state index is 0.191. The van der Waals surface area contributed by atoms with Crippen molar-refractivity contribution in [2.75, 3.05) is 10.7 Å². The van der Waals surface area contributed by atoms with Gasteiger partial charge in [-0.2, -0.15) is 0 Å². The summed E-state index contributed by atoms with van der Waals surface area (Å²) in [6, 6.07) is 9.45. The molecule has 1 fully saturated rings. The summed E-state index contributed by atoms with van der Waals surface area (Å²) in [6.07, 6.45) is 1.49. The quantitative estimate of drug-likeness (QED) is 0.829. The summed E-state index contributed by atoms with van der Waals surface area (Å²) in [5.41, 5.74) is 0.308. The van der Waals surface area contributed by atoms with E-state index < -0.39 is 26.9 Å². The molecule has 1 unspecified atom stereocenters. The molecule has 1 aliphatic rings. The van der Waals surface area contributed by atoms with Gasteiger partial charge in [-0.3, -0.25) is 9.69 Å². The van der Waals surface area contributed by atoms with Gasteiger partial charge in [0.05, 0.1) is 0 Å². The second-order valence-electron chi connectivity index (χ2n) is 4.78. The molecular weight excluding hydrogens is 347 g/mol. The average molecular weight is 357 g/mol. The molecule has 2 heterocycles. The maximum atomic E-state index is 12.4. The molecule has 114 valence electrons. The number of benzene rings is 1. The molecular formula is C14H10Cl2N2O3S. The normalized spacial score (nSPS) is 20.4. The lowest BCUT2D eigenvalue weighted by Crippen LogP contribution is -2.30. The molecule has 22 heavy (non-hydrogen) atoms. The summed E-state index contributed by atoms with van der Waals surface area (Å²) in [7, 11) is -3.71. The van der Waals surface area contributed by atoms with E-state index in [1.807, 2.05) is 0 Å². The number of aromatic nitrogens is 1. The van der Waals surface area contributed by atoms with Crippen LogP contribution in [0.15, 0.2) is 42.6 Å². The van der Waals surface area contributed by atoms with Gasteiger partial charge in [0.15, 0.2) is 15.2 Å². The van der Waals surface area contributed by atoms with Crippen molar-refractivity contribution in [2.45, 2.75) is 5.37 Å². The number of anilines is 1. The zero-order valence-electron chi connectivity index (χ0n) is 11.1. The first-order valence-corrected chi connectivity index (χ1v) is 8.77. The third-order valence-electron chi connectivity index (χ3n) is 3.29. The van der Waals surface area contributed by atoms with Crippen LogP contribution in [0.3, 0.4) is 0 Å². The van der Waals surface area contributed by atoms with Crippen LogP contribution in [0.5, 0.6) is 0 Å². The number of hydrogen-bond acceptors (Lipinski definition) is 4. The molecule has 0 spiro atoms. The molecule has 0 saturated carbocycles. The second-order valence-corrected chi connectivity index (χ2v) is 7.68. The van der Waals surface area contributed by atoms with Crippen molar-refractivity contribution in [1.82, 2.24) is 4.98 Å². The van der Waals surface area contributed by atoms with Gasteiger partial charge < -0.3 is 0 Å². The van der Waals surface area contributed by atoms with Gasteiger partial charge in [0.25, 0.3) is 0 Å². The summed E-state index contributed by atoms with van der Waals surface area (Å²) in [4.78, 5) is 17.4. The van der Waals surface area contributed by atoms with E-state index >= 15 is 0 Å². The molecule has 1 atom stereocenters. The van der Waals surface area contributed by atoms with Crippen LogP contribution in [0.1, 0.15) is 10.9 Å². The molecule has 1 aromatic heterocycles. The number of nitrogens with zero attached hydrogens (tertiary/aromatic N) is 2. The van der Waals surface area contributed by atoms with Crippen LogP contribution in [-0.2, 0) is 14.6 Å². The number of carbonyl (C=O) groups is 1. The van der Waals surface area contributed by atoms with Gasteiger partial charge in [0, 0.05) is 21.8 Å². The Kier molecular flexibility index (Phi) is 3.84. The highest BCUT2D eigenvalue weighted by Gasteiger charge is 2.47. The molecule has 1 amide bonds. The molecule has 0 N–H and O–H groups in total. The first-order chi connectivity index (χ1) is 10.4. The van der Waals surface area contributed by atoms with Crippen LogP contribution >= 0.6 is 23.2 Å². The summed E-state index contributed by atoms with van der Waals surface area (Å²) in [5, 5.41) is -0.615. The Balaban J connectivity index is 2.18. The Morgan fingerprint density at radius 1 is 1.18 bits per heavy atom. The number of halogens is 2. The molecule has 3 rings (SSSR count). The maximum Gasteiger partial charge on any atom is 0.244 e. The van der Waals surface area contributed by atoms with E-state index in [1.165, 1.54) is 24.4 Å². The number of rotatable bonds is 2. The van der Waals surface area contributed by atoms with Crippen molar-refractivity contribution in [3.05, 3.63) is 58.2 Å². The van der Waals surface area contributed by atoms with E-state index in [0.29, 0.717) is 10.6 Å². The fourth-order valence-corrected chi connectivity index (χ4v) is 4.75. The van der Waals surface area contributed by atoms with Crippen molar-refractivity contribution < 1.29 is 13.2 Å². The summed E-state index contributed by atoms with van der Waals surface area (Å²) in [5.74, 6) is -0.841. The van der Waals surface area contributed by atoms with Crippen LogP contribution in [-0.4, -0.2) is 25.1 Å². The first kappa shape index (κ1) is 15.3. The molecule has 1 aliphatic heterocycles. The lowest BCUT2D eigenvalue weighted by molar-refractivity contribution is -0.115. The zero-order chi connectivity index (χ0) is 15.9. The molecule has 2 aromatic rings. The van der Waals surface area contributed by atoms with E-state index in [0.717, 1.165) is 4.90 Å².